The Morgan fingerprint density at radius 2 is 0.969 bits per heavy atom. The Hall–Kier alpha value is -6.08. The Bertz CT molecular complexity index is 3410. The Morgan fingerprint density at radius 3 is 1.50 bits per heavy atom. The van der Waals surface area contributed by atoms with Crippen molar-refractivity contribution in [3.63, 3.8) is 0 Å². The number of hydrazine groups is 1. The summed E-state index contributed by atoms with van der Waals surface area (Å²) in [4.78, 5) is 22.8. The quantitative estimate of drug-likeness (QED) is 0.105. The van der Waals surface area contributed by atoms with Gasteiger partial charge >= 0.3 is 6.18 Å². The lowest BCUT2D eigenvalue weighted by molar-refractivity contribution is -0.137. The first-order valence-corrected chi connectivity index (χ1v) is 22.5. The number of rotatable bonds is 9. The van der Waals surface area contributed by atoms with Crippen LogP contribution in [0, 0.1) is 6.92 Å². The van der Waals surface area contributed by atoms with Crippen molar-refractivity contribution in [2.24, 2.45) is 0 Å². The molecule has 0 saturated carbocycles. The van der Waals surface area contributed by atoms with Crippen LogP contribution in [-0.4, -0.2) is 19.9 Å². The molecule has 0 amide bonds. The topological polar surface area (TPSA) is 58.0 Å². The molecule has 0 spiro atoms. The molecule has 8 aromatic carbocycles. The molecule has 0 aliphatic heterocycles. The van der Waals surface area contributed by atoms with Gasteiger partial charge in [0.15, 0.2) is 11.6 Å². The van der Waals surface area contributed by atoms with E-state index in [4.69, 9.17) is 54.7 Å². The second-order valence-corrected chi connectivity index (χ2v) is 18.2. The lowest BCUT2D eigenvalue weighted by Gasteiger charge is -2.38. The van der Waals surface area contributed by atoms with E-state index in [9.17, 15) is 13.2 Å². The van der Waals surface area contributed by atoms with E-state index in [0.717, 1.165) is 44.1 Å². The molecule has 0 fully saturated rings. The summed E-state index contributed by atoms with van der Waals surface area (Å²) in [7, 11) is 0. The number of nitrogens with zero attached hydrogens (tertiary/aromatic N) is 6. The molecule has 10 rings (SSSR count). The highest BCUT2D eigenvalue weighted by atomic mass is 35.5. The molecule has 0 aliphatic rings. The number of hydrogen-bond donors (Lipinski definition) is 0. The van der Waals surface area contributed by atoms with E-state index in [2.05, 4.69) is 0 Å². The number of alkyl halides is 3. The van der Waals surface area contributed by atoms with Crippen LogP contribution in [0.15, 0.2) is 184 Å². The predicted molar refractivity (Wildman–Crippen MR) is 257 cm³/mol. The first-order valence-electron chi connectivity index (χ1n) is 19.7. The van der Waals surface area contributed by atoms with Gasteiger partial charge in [0, 0.05) is 19.8 Å². The Balaban J connectivity index is 1.31. The monoisotopic (exact) mass is 940 g/mol. The number of benzene rings is 8. The number of halogens is 6. The summed E-state index contributed by atoms with van der Waals surface area (Å²) < 4.78 is 42.9. The molecule has 0 radical (unpaired) electrons. The largest absolute Gasteiger partial charge is 0.416 e. The normalized spacial score (nSPS) is 11.8. The maximum Gasteiger partial charge on any atom is 0.416 e. The Kier molecular flexibility index (Phi) is 11.2. The lowest BCUT2D eigenvalue weighted by atomic mass is 10.1. The molecule has 0 unspecified atom stereocenters. The minimum absolute atomic E-state index is 0.246. The van der Waals surface area contributed by atoms with Crippen LogP contribution < -0.4 is 10.0 Å². The van der Waals surface area contributed by atoms with Gasteiger partial charge in [-0.05, 0) is 126 Å². The standard InChI is InChI=1S/C50H30Cl3F3N6S2/c1-29-13-20-39(21-14-29)63-48-46(57-41-23-30-7-2-4-9-32(30)25-43(41)59-48)62(38-12-6-11-35(51)27-38)61(37-18-15-34(16-19-37)50(54,55)56)47-49(64-45-28-36(52)17-22-40(45)53)60-44-26-33-10-5-3-8-31(33)24-42(44)58-47/h2-28H,1H3. The van der Waals surface area contributed by atoms with Crippen LogP contribution in [0.5, 0.6) is 0 Å². The van der Waals surface area contributed by atoms with Gasteiger partial charge in [0.2, 0.25) is 0 Å². The van der Waals surface area contributed by atoms with E-state index in [1.165, 1.54) is 35.7 Å². The zero-order valence-corrected chi connectivity index (χ0v) is 37.3. The van der Waals surface area contributed by atoms with Gasteiger partial charge in [0.25, 0.3) is 0 Å². The average molecular weight is 942 g/mol. The summed E-state index contributed by atoms with van der Waals surface area (Å²) in [6.45, 7) is 2.02. The van der Waals surface area contributed by atoms with Crippen LogP contribution in [0.1, 0.15) is 11.1 Å². The fourth-order valence-electron chi connectivity index (χ4n) is 7.29. The van der Waals surface area contributed by atoms with Crippen molar-refractivity contribution in [3.05, 3.63) is 190 Å². The smallest absolute Gasteiger partial charge is 0.235 e. The highest BCUT2D eigenvalue weighted by Crippen LogP contribution is 2.47. The molecule has 0 N–H and O–H groups in total. The van der Waals surface area contributed by atoms with Crippen LogP contribution >= 0.6 is 58.3 Å². The maximum absolute atomic E-state index is 14.3. The second kappa shape index (κ2) is 17.1. The van der Waals surface area contributed by atoms with Gasteiger partial charge in [-0.1, -0.05) is 131 Å². The van der Waals surface area contributed by atoms with Crippen molar-refractivity contribution < 1.29 is 13.2 Å². The molecule has 0 aliphatic carbocycles. The van der Waals surface area contributed by atoms with Crippen LogP contribution in [-0.2, 0) is 6.18 Å². The van der Waals surface area contributed by atoms with Gasteiger partial charge in [-0.2, -0.15) is 13.2 Å². The maximum atomic E-state index is 14.3. The van der Waals surface area contributed by atoms with E-state index in [1.807, 2.05) is 110 Å². The molecule has 0 saturated heterocycles. The van der Waals surface area contributed by atoms with E-state index in [0.29, 0.717) is 69.3 Å². The lowest BCUT2D eigenvalue weighted by Crippen LogP contribution is -2.38. The SMILES string of the molecule is Cc1ccc(Sc2nc3cc4ccccc4cc3nc2N(c2cccc(Cl)c2)N(c2ccc(C(F)(F)F)cc2)c2nc3cc4ccccc4cc3nc2Sc2cc(Cl)ccc2Cl)cc1. The zero-order valence-electron chi connectivity index (χ0n) is 33.4. The van der Waals surface area contributed by atoms with Gasteiger partial charge < -0.3 is 0 Å². The highest BCUT2D eigenvalue weighted by molar-refractivity contribution is 7.99. The number of anilines is 4. The number of aryl methyl sites for hydroxylation is 1. The molecule has 0 atom stereocenters. The average Bonchev–Trinajstić information content (AvgIpc) is 3.28. The highest BCUT2D eigenvalue weighted by Gasteiger charge is 2.34. The molecule has 0 bridgehead atoms. The summed E-state index contributed by atoms with van der Waals surface area (Å²) in [5.41, 5.74) is 3.40. The second-order valence-electron chi connectivity index (χ2n) is 14.8. The summed E-state index contributed by atoms with van der Waals surface area (Å²) in [5, 5.41) is 9.44. The molecule has 314 valence electrons. The minimum Gasteiger partial charge on any atom is -0.235 e. The third-order valence-corrected chi connectivity index (χ3v) is 13.3. The fourth-order valence-corrected chi connectivity index (χ4v) is 9.73. The van der Waals surface area contributed by atoms with E-state index >= 15 is 0 Å². The predicted octanol–water partition coefficient (Wildman–Crippen LogP) is 16.4. The van der Waals surface area contributed by atoms with Crippen LogP contribution in [0.2, 0.25) is 15.1 Å². The Morgan fingerprint density at radius 1 is 0.469 bits per heavy atom. The van der Waals surface area contributed by atoms with Gasteiger partial charge in [0.1, 0.15) is 10.1 Å². The molecule has 10 aromatic rings. The zero-order chi connectivity index (χ0) is 44.1. The van der Waals surface area contributed by atoms with Crippen molar-refractivity contribution in [1.82, 2.24) is 19.9 Å². The number of fused-ring (bicyclic) bond motifs is 4. The van der Waals surface area contributed by atoms with Crippen LogP contribution in [0.3, 0.4) is 0 Å². The summed E-state index contributed by atoms with van der Waals surface area (Å²) in [5.74, 6) is 0.586. The third-order valence-electron chi connectivity index (χ3n) is 10.4. The van der Waals surface area contributed by atoms with E-state index < -0.39 is 11.7 Å². The van der Waals surface area contributed by atoms with Gasteiger partial charge in [-0.3, -0.25) is 0 Å². The van der Waals surface area contributed by atoms with Crippen molar-refractivity contribution in [2.75, 3.05) is 10.0 Å². The molecular weight excluding hydrogens is 912 g/mol. The molecular formula is C50H30Cl3F3N6S2. The van der Waals surface area contributed by atoms with Crippen molar-refractivity contribution in [1.29, 1.82) is 0 Å². The number of hydrogen-bond acceptors (Lipinski definition) is 8. The van der Waals surface area contributed by atoms with Crippen molar-refractivity contribution >= 4 is 125 Å². The molecule has 6 nitrogen and oxygen atoms in total. The van der Waals surface area contributed by atoms with Crippen LogP contribution in [0.4, 0.5) is 36.2 Å². The molecule has 2 aromatic heterocycles. The summed E-state index contributed by atoms with van der Waals surface area (Å²) in [6, 6.07) is 48.9. The summed E-state index contributed by atoms with van der Waals surface area (Å²) in [6.07, 6.45) is -4.60. The van der Waals surface area contributed by atoms with E-state index in [-0.39, 0.29) is 5.82 Å². The fraction of sp³-hybridized carbons (Fsp3) is 0.0400. The minimum atomic E-state index is -4.60. The van der Waals surface area contributed by atoms with Gasteiger partial charge in [-0.25, -0.2) is 30.0 Å². The molecule has 64 heavy (non-hydrogen) atoms. The van der Waals surface area contributed by atoms with Crippen molar-refractivity contribution in [3.8, 4) is 0 Å². The first-order chi connectivity index (χ1) is 30.9. The van der Waals surface area contributed by atoms with Crippen LogP contribution in [0.25, 0.3) is 43.6 Å². The van der Waals surface area contributed by atoms with Crippen molar-refractivity contribution in [2.45, 2.75) is 32.9 Å². The first kappa shape index (κ1) is 41.9. The third kappa shape index (κ3) is 8.49. The molecule has 2 heterocycles. The van der Waals surface area contributed by atoms with Gasteiger partial charge in [0.05, 0.1) is 44.0 Å². The summed E-state index contributed by atoms with van der Waals surface area (Å²) >= 11 is 22.8. The van der Waals surface area contributed by atoms with Gasteiger partial charge in [-0.15, -0.1) is 0 Å². The Labute approximate surface area is 388 Å². The number of aromatic nitrogens is 4. The van der Waals surface area contributed by atoms with E-state index in [1.54, 1.807) is 46.4 Å². The molecule has 14 heteroatoms.